The van der Waals surface area contributed by atoms with E-state index in [0.29, 0.717) is 11.4 Å². The Hall–Kier alpha value is -3.58. The van der Waals surface area contributed by atoms with Crippen molar-refractivity contribution >= 4 is 21.6 Å². The summed E-state index contributed by atoms with van der Waals surface area (Å²) in [7, 11) is -2.46. The van der Waals surface area contributed by atoms with Crippen LogP contribution in [0.2, 0.25) is 0 Å². The maximum Gasteiger partial charge on any atom is 0.264 e. The molecule has 7 heteroatoms. The van der Waals surface area contributed by atoms with Crippen molar-refractivity contribution in [1.82, 2.24) is 5.32 Å². The predicted octanol–water partition coefficient (Wildman–Crippen LogP) is 4.01. The molecule has 0 saturated carbocycles. The van der Waals surface area contributed by atoms with Crippen LogP contribution in [0, 0.1) is 0 Å². The predicted molar refractivity (Wildman–Crippen MR) is 122 cm³/mol. The fourth-order valence-electron chi connectivity index (χ4n) is 3.07. The third-order valence-corrected chi connectivity index (χ3v) is 6.41. The van der Waals surface area contributed by atoms with Crippen molar-refractivity contribution in [3.05, 3.63) is 103 Å². The number of rotatable bonds is 9. The van der Waals surface area contributed by atoms with Gasteiger partial charge in [0.15, 0.2) is 0 Å². The minimum atomic E-state index is -3.98. The maximum atomic E-state index is 13.7. The second kappa shape index (κ2) is 9.95. The highest BCUT2D eigenvalue weighted by Gasteiger charge is 2.28. The molecule has 0 unspecified atom stereocenters. The van der Waals surface area contributed by atoms with Gasteiger partial charge in [-0.25, -0.2) is 8.42 Å². The first-order valence-corrected chi connectivity index (χ1v) is 11.1. The molecule has 3 aromatic rings. The number of nitrogens with one attached hydrogen (secondary N) is 1. The number of hydrogen-bond acceptors (Lipinski definition) is 4. The van der Waals surface area contributed by atoms with Gasteiger partial charge in [0.25, 0.3) is 15.9 Å². The minimum Gasteiger partial charge on any atom is -0.497 e. The molecule has 0 bridgehead atoms. The summed E-state index contributed by atoms with van der Waals surface area (Å²) in [6.07, 6.45) is 1.57. The van der Waals surface area contributed by atoms with E-state index < -0.39 is 10.0 Å². The van der Waals surface area contributed by atoms with E-state index in [9.17, 15) is 13.2 Å². The van der Waals surface area contributed by atoms with Crippen LogP contribution in [-0.2, 0) is 16.6 Å². The smallest absolute Gasteiger partial charge is 0.264 e. The molecule has 6 nitrogen and oxygen atoms in total. The SMILES string of the molecule is C=CCNC(=O)c1ccccc1N(Cc1ccccc1)S(=O)(=O)c1ccc(OC)cc1. The number of carbonyl (C=O) groups is 1. The molecule has 0 aliphatic heterocycles. The molecular weight excluding hydrogens is 412 g/mol. The third-order valence-electron chi connectivity index (χ3n) is 4.64. The first kappa shape index (κ1) is 22.1. The summed E-state index contributed by atoms with van der Waals surface area (Å²) in [5.74, 6) is 0.177. The van der Waals surface area contributed by atoms with Gasteiger partial charge in [0.1, 0.15) is 5.75 Å². The number of hydrogen-bond donors (Lipinski definition) is 1. The second-order valence-electron chi connectivity index (χ2n) is 6.69. The Bertz CT molecular complexity index is 1140. The summed E-state index contributed by atoms with van der Waals surface area (Å²) in [5.41, 5.74) is 1.35. The van der Waals surface area contributed by atoms with Crippen molar-refractivity contribution in [2.75, 3.05) is 18.0 Å². The van der Waals surface area contributed by atoms with Gasteiger partial charge >= 0.3 is 0 Å². The van der Waals surface area contributed by atoms with Gasteiger partial charge in [-0.15, -0.1) is 6.58 Å². The Morgan fingerprint density at radius 3 is 2.29 bits per heavy atom. The topological polar surface area (TPSA) is 75.7 Å². The van der Waals surface area contributed by atoms with E-state index >= 15 is 0 Å². The number of nitrogens with zero attached hydrogens (tertiary/aromatic N) is 1. The van der Waals surface area contributed by atoms with Crippen LogP contribution in [0.4, 0.5) is 5.69 Å². The van der Waals surface area contributed by atoms with Crippen LogP contribution in [0.3, 0.4) is 0 Å². The van der Waals surface area contributed by atoms with Crippen molar-refractivity contribution in [2.24, 2.45) is 0 Å². The summed E-state index contributed by atoms with van der Waals surface area (Å²) in [5, 5.41) is 2.72. The van der Waals surface area contributed by atoms with Crippen LogP contribution < -0.4 is 14.4 Å². The van der Waals surface area contributed by atoms with Gasteiger partial charge in [-0.2, -0.15) is 0 Å². The molecule has 1 N–H and O–H groups in total. The fraction of sp³-hybridized carbons (Fsp3) is 0.125. The van der Waals surface area contributed by atoms with E-state index in [1.54, 1.807) is 42.5 Å². The van der Waals surface area contributed by atoms with Crippen LogP contribution >= 0.6 is 0 Å². The second-order valence-corrected chi connectivity index (χ2v) is 8.55. The zero-order valence-corrected chi connectivity index (χ0v) is 18.0. The number of sulfonamides is 1. The number of benzene rings is 3. The number of anilines is 1. The summed E-state index contributed by atoms with van der Waals surface area (Å²) in [4.78, 5) is 12.8. The monoisotopic (exact) mass is 436 g/mol. The van der Waals surface area contributed by atoms with Crippen molar-refractivity contribution in [3.63, 3.8) is 0 Å². The van der Waals surface area contributed by atoms with Crippen LogP contribution in [0.5, 0.6) is 5.75 Å². The zero-order chi connectivity index (χ0) is 22.3. The lowest BCUT2D eigenvalue weighted by Crippen LogP contribution is -2.33. The average molecular weight is 437 g/mol. The zero-order valence-electron chi connectivity index (χ0n) is 17.2. The van der Waals surface area contributed by atoms with Crippen LogP contribution in [0.1, 0.15) is 15.9 Å². The average Bonchev–Trinajstić information content (AvgIpc) is 2.81. The maximum absolute atomic E-state index is 13.7. The highest BCUT2D eigenvalue weighted by Crippen LogP contribution is 2.30. The number of methoxy groups -OCH3 is 1. The lowest BCUT2D eigenvalue weighted by atomic mass is 10.1. The molecule has 0 radical (unpaired) electrons. The molecule has 31 heavy (non-hydrogen) atoms. The Kier molecular flexibility index (Phi) is 7.10. The first-order valence-electron chi connectivity index (χ1n) is 9.66. The molecule has 0 spiro atoms. The lowest BCUT2D eigenvalue weighted by molar-refractivity contribution is 0.0958. The Morgan fingerprint density at radius 1 is 1.00 bits per heavy atom. The normalized spacial score (nSPS) is 10.9. The molecule has 0 aromatic heterocycles. The van der Waals surface area contributed by atoms with Crippen molar-refractivity contribution in [3.8, 4) is 5.75 Å². The van der Waals surface area contributed by atoms with Crippen LogP contribution in [0.25, 0.3) is 0 Å². The van der Waals surface area contributed by atoms with Crippen molar-refractivity contribution in [2.45, 2.75) is 11.4 Å². The van der Waals surface area contributed by atoms with Gasteiger partial charge < -0.3 is 10.1 Å². The van der Waals surface area contributed by atoms with Gasteiger partial charge in [0.2, 0.25) is 0 Å². The number of ether oxygens (including phenoxy) is 1. The number of amides is 1. The highest BCUT2D eigenvalue weighted by molar-refractivity contribution is 7.92. The molecule has 3 aromatic carbocycles. The fourth-order valence-corrected chi connectivity index (χ4v) is 4.54. The first-order chi connectivity index (χ1) is 15.0. The quantitative estimate of drug-likeness (QED) is 0.515. The van der Waals surface area contributed by atoms with E-state index in [1.165, 1.54) is 23.5 Å². The van der Waals surface area contributed by atoms with E-state index in [-0.39, 0.29) is 29.5 Å². The summed E-state index contributed by atoms with van der Waals surface area (Å²) in [6.45, 7) is 3.95. The number of para-hydroxylation sites is 1. The molecule has 0 saturated heterocycles. The Balaban J connectivity index is 2.11. The van der Waals surface area contributed by atoms with E-state index in [2.05, 4.69) is 11.9 Å². The van der Waals surface area contributed by atoms with Gasteiger partial charge in [-0.1, -0.05) is 48.5 Å². The Morgan fingerprint density at radius 2 is 1.65 bits per heavy atom. The Labute approximate surface area is 182 Å². The molecule has 0 heterocycles. The van der Waals surface area contributed by atoms with Crippen molar-refractivity contribution in [1.29, 1.82) is 0 Å². The van der Waals surface area contributed by atoms with E-state index in [4.69, 9.17) is 4.74 Å². The summed E-state index contributed by atoms with van der Waals surface area (Å²) < 4.78 is 33.7. The molecule has 3 rings (SSSR count). The molecule has 160 valence electrons. The summed E-state index contributed by atoms with van der Waals surface area (Å²) >= 11 is 0. The van der Waals surface area contributed by atoms with Crippen molar-refractivity contribution < 1.29 is 17.9 Å². The van der Waals surface area contributed by atoms with Crippen LogP contribution in [0.15, 0.2) is 96.4 Å². The molecule has 0 fully saturated rings. The molecule has 0 aliphatic carbocycles. The van der Waals surface area contributed by atoms with Gasteiger partial charge in [0, 0.05) is 6.54 Å². The van der Waals surface area contributed by atoms with Gasteiger partial charge in [0.05, 0.1) is 29.8 Å². The highest BCUT2D eigenvalue weighted by atomic mass is 32.2. The summed E-state index contributed by atoms with van der Waals surface area (Å²) in [6, 6.07) is 22.1. The standard InChI is InChI=1S/C24H24N2O4S/c1-3-17-25-24(27)22-11-7-8-12-23(22)26(18-19-9-5-4-6-10-19)31(28,29)21-15-13-20(30-2)14-16-21/h3-16H,1,17-18H2,2H3,(H,25,27). The van der Waals surface area contributed by atoms with Gasteiger partial charge in [-0.3, -0.25) is 9.10 Å². The number of carbonyl (C=O) groups excluding carboxylic acids is 1. The van der Waals surface area contributed by atoms with Crippen LogP contribution in [-0.4, -0.2) is 28.0 Å². The molecule has 0 aliphatic rings. The lowest BCUT2D eigenvalue weighted by Gasteiger charge is -2.26. The largest absolute Gasteiger partial charge is 0.497 e. The van der Waals surface area contributed by atoms with E-state index in [0.717, 1.165) is 5.56 Å². The third kappa shape index (κ3) is 5.13. The molecule has 0 atom stereocenters. The van der Waals surface area contributed by atoms with E-state index in [1.807, 2.05) is 30.3 Å². The van der Waals surface area contributed by atoms with Gasteiger partial charge in [-0.05, 0) is 42.0 Å². The minimum absolute atomic E-state index is 0.0704. The molecule has 1 amide bonds. The molecular formula is C24H24N2O4S.